The molecule has 9 heteroatoms. The van der Waals surface area contributed by atoms with E-state index in [9.17, 15) is 23.9 Å². The highest BCUT2D eigenvalue weighted by Gasteiger charge is 2.57. The van der Waals surface area contributed by atoms with Crippen molar-refractivity contribution in [2.45, 2.75) is 32.0 Å². The number of carbonyl (C=O) groups is 2. The SMILES string of the molecule is CCNC(=O)[C@H]1[C@H](CO)[C@H]2Cn3c(ccc(-c4ccc(F)cc4)c3=O)[C@H]2N1C(=O)Cc1cccnc1. The number of nitrogens with one attached hydrogen (secondary N) is 1. The lowest BCUT2D eigenvalue weighted by Crippen LogP contribution is -2.50. The van der Waals surface area contributed by atoms with Gasteiger partial charge < -0.3 is 19.9 Å². The number of aromatic nitrogens is 2. The van der Waals surface area contributed by atoms with Gasteiger partial charge in [0.05, 0.1) is 12.5 Å². The van der Waals surface area contributed by atoms with Gasteiger partial charge in [0.25, 0.3) is 5.56 Å². The van der Waals surface area contributed by atoms with Crippen molar-refractivity contribution in [1.82, 2.24) is 19.8 Å². The summed E-state index contributed by atoms with van der Waals surface area (Å²) in [4.78, 5) is 45.9. The van der Waals surface area contributed by atoms with E-state index in [0.29, 0.717) is 28.9 Å². The maximum absolute atomic E-state index is 13.7. The number of likely N-dealkylation sites (N-methyl/N-ethyl adjacent to an activating group) is 1. The molecule has 5 rings (SSSR count). The molecule has 0 aliphatic carbocycles. The van der Waals surface area contributed by atoms with Crippen LogP contribution in [0.1, 0.15) is 24.2 Å². The van der Waals surface area contributed by atoms with Crippen LogP contribution >= 0.6 is 0 Å². The Morgan fingerprint density at radius 3 is 2.61 bits per heavy atom. The van der Waals surface area contributed by atoms with Crippen molar-refractivity contribution < 1.29 is 19.1 Å². The number of fused-ring (bicyclic) bond motifs is 3. The van der Waals surface area contributed by atoms with Gasteiger partial charge in [-0.05, 0) is 48.4 Å². The Balaban J connectivity index is 1.58. The largest absolute Gasteiger partial charge is 0.396 e. The number of nitrogens with zero attached hydrogens (tertiary/aromatic N) is 3. The molecule has 0 saturated carbocycles. The first-order valence-corrected chi connectivity index (χ1v) is 12.0. The predicted octanol–water partition coefficient (Wildman–Crippen LogP) is 1.92. The summed E-state index contributed by atoms with van der Waals surface area (Å²) in [5, 5.41) is 13.2. The number of aliphatic hydroxyl groups is 1. The number of hydrogen-bond donors (Lipinski definition) is 2. The second-order valence-electron chi connectivity index (χ2n) is 9.23. The van der Waals surface area contributed by atoms with Crippen molar-refractivity contribution in [2.75, 3.05) is 13.2 Å². The molecule has 1 aromatic carbocycles. The summed E-state index contributed by atoms with van der Waals surface area (Å²) < 4.78 is 15.0. The Hall–Kier alpha value is -3.85. The summed E-state index contributed by atoms with van der Waals surface area (Å²) in [5.41, 5.74) is 2.10. The van der Waals surface area contributed by atoms with Gasteiger partial charge in [-0.25, -0.2) is 4.39 Å². The molecule has 4 heterocycles. The fourth-order valence-corrected chi connectivity index (χ4v) is 5.66. The Kier molecular flexibility index (Phi) is 6.40. The highest BCUT2D eigenvalue weighted by atomic mass is 19.1. The Morgan fingerprint density at radius 2 is 1.94 bits per heavy atom. The summed E-state index contributed by atoms with van der Waals surface area (Å²) >= 11 is 0. The fourth-order valence-electron chi connectivity index (χ4n) is 5.66. The fraction of sp³-hybridized carbons (Fsp3) is 0.333. The van der Waals surface area contributed by atoms with Crippen LogP contribution in [0.5, 0.6) is 0 Å². The molecule has 0 bridgehead atoms. The Morgan fingerprint density at radius 1 is 1.17 bits per heavy atom. The first kappa shape index (κ1) is 23.9. The van der Waals surface area contributed by atoms with E-state index < -0.39 is 18.0 Å². The summed E-state index contributed by atoms with van der Waals surface area (Å²) in [6.07, 6.45) is 3.28. The molecule has 3 aromatic rings. The zero-order chi connectivity index (χ0) is 25.4. The van der Waals surface area contributed by atoms with Crippen LogP contribution in [-0.4, -0.2) is 50.6 Å². The van der Waals surface area contributed by atoms with E-state index in [1.54, 1.807) is 65.2 Å². The molecule has 2 N–H and O–H groups in total. The highest BCUT2D eigenvalue weighted by molar-refractivity contribution is 5.90. The second kappa shape index (κ2) is 9.66. The molecule has 186 valence electrons. The number of rotatable bonds is 6. The van der Waals surface area contributed by atoms with Crippen molar-refractivity contribution in [3.8, 4) is 11.1 Å². The van der Waals surface area contributed by atoms with Crippen molar-refractivity contribution in [3.63, 3.8) is 0 Å². The van der Waals surface area contributed by atoms with E-state index in [4.69, 9.17) is 0 Å². The zero-order valence-electron chi connectivity index (χ0n) is 19.8. The Bertz CT molecular complexity index is 1340. The van der Waals surface area contributed by atoms with Crippen LogP contribution in [0.25, 0.3) is 11.1 Å². The molecular weight excluding hydrogens is 463 g/mol. The van der Waals surface area contributed by atoms with E-state index in [0.717, 1.165) is 0 Å². The third kappa shape index (κ3) is 3.99. The summed E-state index contributed by atoms with van der Waals surface area (Å²) in [6.45, 7) is 2.17. The van der Waals surface area contributed by atoms with Crippen molar-refractivity contribution >= 4 is 11.8 Å². The van der Waals surface area contributed by atoms with Crippen LogP contribution in [0, 0.1) is 17.7 Å². The van der Waals surface area contributed by atoms with Crippen molar-refractivity contribution in [2.24, 2.45) is 11.8 Å². The van der Waals surface area contributed by atoms with Crippen molar-refractivity contribution in [1.29, 1.82) is 0 Å². The second-order valence-corrected chi connectivity index (χ2v) is 9.23. The normalized spacial score (nSPS) is 22.2. The van der Waals surface area contributed by atoms with Gasteiger partial charge in [0.15, 0.2) is 0 Å². The molecule has 0 radical (unpaired) electrons. The van der Waals surface area contributed by atoms with E-state index >= 15 is 0 Å². The summed E-state index contributed by atoms with van der Waals surface area (Å²) in [5.74, 6) is -1.82. The van der Waals surface area contributed by atoms with Crippen LogP contribution in [0.15, 0.2) is 65.7 Å². The summed E-state index contributed by atoms with van der Waals surface area (Å²) in [6, 6.07) is 11.4. The molecule has 2 amide bonds. The molecule has 1 fully saturated rings. The molecular formula is C27H27FN4O4. The van der Waals surface area contributed by atoms with Gasteiger partial charge in [0.1, 0.15) is 11.9 Å². The average Bonchev–Trinajstić information content (AvgIpc) is 3.41. The molecule has 2 aliphatic rings. The van der Waals surface area contributed by atoms with E-state index in [-0.39, 0.29) is 48.7 Å². The van der Waals surface area contributed by atoms with Gasteiger partial charge in [0, 0.05) is 55.2 Å². The predicted molar refractivity (Wildman–Crippen MR) is 130 cm³/mol. The quantitative estimate of drug-likeness (QED) is 0.550. The van der Waals surface area contributed by atoms with Crippen LogP contribution in [-0.2, 0) is 22.6 Å². The first-order chi connectivity index (χ1) is 17.4. The van der Waals surface area contributed by atoms with E-state index in [1.165, 1.54) is 12.1 Å². The minimum atomic E-state index is -0.852. The van der Waals surface area contributed by atoms with E-state index in [2.05, 4.69) is 10.3 Å². The number of hydrogen-bond acceptors (Lipinski definition) is 5. The number of likely N-dealkylation sites (tertiary alicyclic amines) is 1. The Labute approximate surface area is 207 Å². The number of benzene rings is 1. The number of amides is 2. The minimum Gasteiger partial charge on any atom is -0.396 e. The molecule has 1 saturated heterocycles. The third-order valence-corrected chi connectivity index (χ3v) is 7.22. The van der Waals surface area contributed by atoms with Gasteiger partial charge in [0.2, 0.25) is 11.8 Å². The van der Waals surface area contributed by atoms with Crippen LogP contribution in [0.2, 0.25) is 0 Å². The molecule has 0 spiro atoms. The minimum absolute atomic E-state index is 0.0447. The maximum atomic E-state index is 13.7. The lowest BCUT2D eigenvalue weighted by Gasteiger charge is -2.31. The molecule has 2 aliphatic heterocycles. The number of aliphatic hydroxyl groups excluding tert-OH is 1. The average molecular weight is 491 g/mol. The van der Waals surface area contributed by atoms with Crippen LogP contribution in [0.4, 0.5) is 4.39 Å². The topological polar surface area (TPSA) is 105 Å². The van der Waals surface area contributed by atoms with Gasteiger partial charge in [-0.15, -0.1) is 0 Å². The highest BCUT2D eigenvalue weighted by Crippen LogP contribution is 2.49. The number of pyridine rings is 2. The lowest BCUT2D eigenvalue weighted by atomic mass is 9.88. The number of halogens is 1. The molecule has 0 unspecified atom stereocenters. The van der Waals surface area contributed by atoms with Crippen LogP contribution < -0.4 is 10.9 Å². The van der Waals surface area contributed by atoms with Gasteiger partial charge in [-0.3, -0.25) is 19.4 Å². The van der Waals surface area contributed by atoms with Crippen LogP contribution in [0.3, 0.4) is 0 Å². The summed E-state index contributed by atoms with van der Waals surface area (Å²) in [7, 11) is 0. The number of carbonyl (C=O) groups excluding carboxylic acids is 2. The van der Waals surface area contributed by atoms with E-state index in [1.807, 2.05) is 0 Å². The zero-order valence-corrected chi connectivity index (χ0v) is 19.8. The monoisotopic (exact) mass is 490 g/mol. The first-order valence-electron chi connectivity index (χ1n) is 12.0. The van der Waals surface area contributed by atoms with Gasteiger partial charge in [-0.1, -0.05) is 18.2 Å². The molecule has 4 atom stereocenters. The lowest BCUT2D eigenvalue weighted by molar-refractivity contribution is -0.141. The maximum Gasteiger partial charge on any atom is 0.258 e. The van der Waals surface area contributed by atoms with Gasteiger partial charge >= 0.3 is 0 Å². The molecule has 36 heavy (non-hydrogen) atoms. The molecule has 8 nitrogen and oxygen atoms in total. The van der Waals surface area contributed by atoms with Crippen molar-refractivity contribution in [3.05, 3.63) is 88.4 Å². The molecule has 2 aromatic heterocycles. The standard InChI is InChI=1S/C27H27FN4O4/c1-2-30-26(35)25-21(15-33)20-14-31-22(10-9-19(27(31)36)17-5-7-18(28)8-6-17)24(20)32(25)23(34)12-16-4-3-11-29-13-16/h3-11,13,20-21,24-25,33H,2,12,14-15H2,1H3,(H,30,35)/t20-,21-,24+,25-/m1/s1. The third-order valence-electron chi connectivity index (χ3n) is 7.22. The smallest absolute Gasteiger partial charge is 0.258 e. The van der Waals surface area contributed by atoms with Gasteiger partial charge in [-0.2, -0.15) is 0 Å².